The fourth-order valence-corrected chi connectivity index (χ4v) is 2.03. The van der Waals surface area contributed by atoms with Crippen molar-refractivity contribution in [2.75, 3.05) is 13.2 Å². The van der Waals surface area contributed by atoms with Gasteiger partial charge in [0.2, 0.25) is 0 Å². The number of rotatable bonds is 3. The molecule has 1 rings (SSSR count). The summed E-state index contributed by atoms with van der Waals surface area (Å²) in [5.41, 5.74) is -1.37. The van der Waals surface area contributed by atoms with Crippen molar-refractivity contribution in [1.82, 2.24) is 5.32 Å². The van der Waals surface area contributed by atoms with E-state index in [4.69, 9.17) is 9.47 Å². The average Bonchev–Trinajstić information content (AvgIpc) is 2.26. The van der Waals surface area contributed by atoms with Crippen molar-refractivity contribution in [2.45, 2.75) is 58.1 Å². The van der Waals surface area contributed by atoms with Gasteiger partial charge in [-0.2, -0.15) is 0 Å². The van der Waals surface area contributed by atoms with Gasteiger partial charge in [0.15, 0.2) is 5.78 Å². The maximum Gasteiger partial charge on any atom is 0.408 e. The summed E-state index contributed by atoms with van der Waals surface area (Å²) < 4.78 is 10.5. The molecule has 1 heterocycles. The predicted octanol–water partition coefficient (Wildman–Crippen LogP) is 2.04. The van der Waals surface area contributed by atoms with Crippen molar-refractivity contribution in [3.05, 3.63) is 0 Å². The highest BCUT2D eigenvalue weighted by Crippen LogP contribution is 2.24. The highest BCUT2D eigenvalue weighted by molar-refractivity contribution is 5.91. The summed E-state index contributed by atoms with van der Waals surface area (Å²) in [6, 6.07) is 0. The Hall–Kier alpha value is -1.10. The average molecular weight is 257 g/mol. The Kier molecular flexibility index (Phi) is 4.73. The first-order chi connectivity index (χ1) is 8.29. The summed E-state index contributed by atoms with van der Waals surface area (Å²) in [5, 5.41) is 2.75. The molecule has 1 aliphatic heterocycles. The van der Waals surface area contributed by atoms with Gasteiger partial charge in [-0.3, -0.25) is 4.79 Å². The van der Waals surface area contributed by atoms with Crippen LogP contribution in [-0.4, -0.2) is 36.2 Å². The molecular formula is C13H23NO4. The first-order valence-electron chi connectivity index (χ1n) is 6.41. The summed E-state index contributed by atoms with van der Waals surface area (Å²) in [6.45, 7) is 8.17. The van der Waals surface area contributed by atoms with Gasteiger partial charge in [0.1, 0.15) is 11.1 Å². The molecule has 0 radical (unpaired) electrons. The van der Waals surface area contributed by atoms with E-state index in [1.165, 1.54) is 0 Å². The number of hydrogen-bond acceptors (Lipinski definition) is 4. The molecule has 5 heteroatoms. The number of carbonyl (C=O) groups is 2. The smallest absolute Gasteiger partial charge is 0.408 e. The molecule has 0 spiro atoms. The van der Waals surface area contributed by atoms with Crippen LogP contribution in [0.25, 0.3) is 0 Å². The number of carbonyl (C=O) groups excluding carboxylic acids is 2. The molecule has 1 amide bonds. The van der Waals surface area contributed by atoms with Gasteiger partial charge in [-0.25, -0.2) is 4.79 Å². The molecule has 1 fully saturated rings. The Bertz CT molecular complexity index is 313. The van der Waals surface area contributed by atoms with Crippen LogP contribution in [0.15, 0.2) is 0 Å². The third-order valence-electron chi connectivity index (χ3n) is 2.94. The molecule has 104 valence electrons. The summed E-state index contributed by atoms with van der Waals surface area (Å²) in [6.07, 6.45) is 0.888. The van der Waals surface area contributed by atoms with Crippen LogP contribution in [0.3, 0.4) is 0 Å². The van der Waals surface area contributed by atoms with Crippen LogP contribution in [0.1, 0.15) is 47.0 Å². The van der Waals surface area contributed by atoms with Crippen molar-refractivity contribution in [1.29, 1.82) is 0 Å². The molecule has 0 aromatic carbocycles. The van der Waals surface area contributed by atoms with Crippen LogP contribution in [-0.2, 0) is 14.3 Å². The molecule has 0 aliphatic carbocycles. The molecule has 0 bridgehead atoms. The Balaban J connectivity index is 2.73. The fraction of sp³-hybridized carbons (Fsp3) is 0.846. The minimum absolute atomic E-state index is 0.0386. The van der Waals surface area contributed by atoms with Gasteiger partial charge in [-0.1, -0.05) is 6.92 Å². The zero-order chi connectivity index (χ0) is 13.8. The molecule has 18 heavy (non-hydrogen) atoms. The second-order valence-electron chi connectivity index (χ2n) is 5.60. The second kappa shape index (κ2) is 5.69. The largest absolute Gasteiger partial charge is 0.444 e. The molecule has 0 unspecified atom stereocenters. The highest BCUT2D eigenvalue weighted by Gasteiger charge is 2.41. The van der Waals surface area contributed by atoms with E-state index < -0.39 is 17.2 Å². The lowest BCUT2D eigenvalue weighted by atomic mass is 9.84. The summed E-state index contributed by atoms with van der Waals surface area (Å²) >= 11 is 0. The number of ketones is 1. The van der Waals surface area contributed by atoms with E-state index in [0.29, 0.717) is 32.5 Å². The van der Waals surface area contributed by atoms with E-state index >= 15 is 0 Å². The first-order valence-corrected chi connectivity index (χ1v) is 6.41. The second-order valence-corrected chi connectivity index (χ2v) is 5.60. The van der Waals surface area contributed by atoms with Gasteiger partial charge < -0.3 is 14.8 Å². The van der Waals surface area contributed by atoms with Gasteiger partial charge in [0.25, 0.3) is 0 Å². The molecule has 1 aliphatic rings. The predicted molar refractivity (Wildman–Crippen MR) is 67.5 cm³/mol. The lowest BCUT2D eigenvalue weighted by molar-refractivity contribution is -0.129. The van der Waals surface area contributed by atoms with Crippen molar-refractivity contribution in [3.8, 4) is 0 Å². The van der Waals surface area contributed by atoms with Crippen molar-refractivity contribution >= 4 is 11.9 Å². The molecule has 1 saturated heterocycles. The monoisotopic (exact) mass is 257 g/mol. The van der Waals surface area contributed by atoms with E-state index in [-0.39, 0.29) is 5.78 Å². The minimum Gasteiger partial charge on any atom is -0.444 e. The van der Waals surface area contributed by atoms with E-state index in [0.717, 1.165) is 0 Å². The highest BCUT2D eigenvalue weighted by atomic mass is 16.6. The maximum atomic E-state index is 12.1. The molecule has 0 aromatic rings. The number of hydrogen-bond donors (Lipinski definition) is 1. The third-order valence-corrected chi connectivity index (χ3v) is 2.94. The quantitative estimate of drug-likeness (QED) is 0.840. The standard InChI is InChI=1S/C13H23NO4/c1-5-10(15)13(6-8-17-9-7-13)14-11(16)18-12(2,3)4/h5-9H2,1-4H3,(H,14,16). The molecular weight excluding hydrogens is 234 g/mol. The van der Waals surface area contributed by atoms with E-state index in [1.807, 2.05) is 0 Å². The van der Waals surface area contributed by atoms with Gasteiger partial charge in [0, 0.05) is 32.5 Å². The van der Waals surface area contributed by atoms with Crippen LogP contribution >= 0.6 is 0 Å². The number of nitrogens with one attached hydrogen (secondary N) is 1. The van der Waals surface area contributed by atoms with Crippen molar-refractivity contribution in [3.63, 3.8) is 0 Å². The van der Waals surface area contributed by atoms with Crippen LogP contribution in [0, 0.1) is 0 Å². The zero-order valence-corrected chi connectivity index (χ0v) is 11.7. The Morgan fingerprint density at radius 1 is 1.28 bits per heavy atom. The molecule has 0 atom stereocenters. The lowest BCUT2D eigenvalue weighted by Crippen LogP contribution is -2.58. The van der Waals surface area contributed by atoms with Crippen LogP contribution in [0.4, 0.5) is 4.79 Å². The number of ether oxygens (including phenoxy) is 2. The lowest BCUT2D eigenvalue weighted by Gasteiger charge is -2.36. The fourth-order valence-electron chi connectivity index (χ4n) is 2.03. The van der Waals surface area contributed by atoms with Crippen LogP contribution < -0.4 is 5.32 Å². The van der Waals surface area contributed by atoms with E-state index in [9.17, 15) is 9.59 Å². The van der Waals surface area contributed by atoms with Crippen LogP contribution in [0.2, 0.25) is 0 Å². The minimum atomic E-state index is -0.810. The number of alkyl carbamates (subject to hydrolysis) is 1. The molecule has 0 aromatic heterocycles. The Labute approximate surface area is 108 Å². The summed E-state index contributed by atoms with van der Waals surface area (Å²) in [4.78, 5) is 23.9. The van der Waals surface area contributed by atoms with E-state index in [2.05, 4.69) is 5.32 Å². The number of amides is 1. The topological polar surface area (TPSA) is 64.6 Å². The van der Waals surface area contributed by atoms with Crippen molar-refractivity contribution in [2.24, 2.45) is 0 Å². The molecule has 0 saturated carbocycles. The summed E-state index contributed by atoms with van der Waals surface area (Å²) in [7, 11) is 0. The SMILES string of the molecule is CCC(=O)C1(NC(=O)OC(C)(C)C)CCOCC1. The van der Waals surface area contributed by atoms with Gasteiger partial charge in [-0.15, -0.1) is 0 Å². The third kappa shape index (κ3) is 3.98. The number of Topliss-reactive ketones (excluding diaryl/α,β-unsaturated/α-hetero) is 1. The Morgan fingerprint density at radius 2 is 1.83 bits per heavy atom. The van der Waals surface area contributed by atoms with Crippen LogP contribution in [0.5, 0.6) is 0 Å². The normalized spacial score (nSPS) is 19.1. The summed E-state index contributed by atoms with van der Waals surface area (Å²) in [5.74, 6) is 0.0386. The molecule has 5 nitrogen and oxygen atoms in total. The van der Waals surface area contributed by atoms with Crippen molar-refractivity contribution < 1.29 is 19.1 Å². The Morgan fingerprint density at radius 3 is 2.28 bits per heavy atom. The van der Waals surface area contributed by atoms with Gasteiger partial charge in [0.05, 0.1) is 0 Å². The molecule has 1 N–H and O–H groups in total. The maximum absolute atomic E-state index is 12.1. The van der Waals surface area contributed by atoms with Gasteiger partial charge in [-0.05, 0) is 20.8 Å². The van der Waals surface area contributed by atoms with Gasteiger partial charge >= 0.3 is 6.09 Å². The first kappa shape index (κ1) is 15.0. The van der Waals surface area contributed by atoms with E-state index in [1.54, 1.807) is 27.7 Å². The zero-order valence-electron chi connectivity index (χ0n) is 11.7.